The zero-order valence-electron chi connectivity index (χ0n) is 26.1. The largest absolute Gasteiger partial charge is 0.489 e. The molecule has 0 radical (unpaired) electrons. The van der Waals surface area contributed by atoms with Gasteiger partial charge in [-0.15, -0.1) is 11.3 Å². The van der Waals surface area contributed by atoms with E-state index in [2.05, 4.69) is 21.5 Å². The summed E-state index contributed by atoms with van der Waals surface area (Å²) < 4.78 is 72.2. The summed E-state index contributed by atoms with van der Waals surface area (Å²) in [5.74, 6) is -0.498. The summed E-state index contributed by atoms with van der Waals surface area (Å²) in [5, 5.41) is 10.3. The van der Waals surface area contributed by atoms with Gasteiger partial charge in [-0.1, -0.05) is 24.6 Å². The second kappa shape index (κ2) is 11.2. The van der Waals surface area contributed by atoms with Crippen molar-refractivity contribution in [1.82, 2.24) is 19.6 Å². The Bertz CT molecular complexity index is 2180. The number of hydrogen-bond donors (Lipinski definition) is 2. The van der Waals surface area contributed by atoms with Gasteiger partial charge in [0.25, 0.3) is 0 Å². The Morgan fingerprint density at radius 3 is 2.88 bits per heavy atom. The SMILES string of the molecule is C[C@H]1CN2CCCC2(COc2nc3c4c(c(Cl)c(-c5ccc(F)c6sc(N)c(C#N)c56)c(F)c4n2)OCC2C(NS(C)(=O)=O)CCN32)C1. The molecule has 0 amide bonds. The van der Waals surface area contributed by atoms with Gasteiger partial charge >= 0.3 is 6.01 Å². The number of hydrogen-bond acceptors (Lipinski definition) is 11. The van der Waals surface area contributed by atoms with E-state index in [9.17, 15) is 18.1 Å². The Balaban J connectivity index is 1.33. The van der Waals surface area contributed by atoms with Crippen molar-refractivity contribution in [1.29, 1.82) is 5.26 Å². The third-order valence-electron chi connectivity index (χ3n) is 10.2. The first-order chi connectivity index (χ1) is 22.9. The van der Waals surface area contributed by atoms with Gasteiger partial charge in [0.05, 0.1) is 38.5 Å². The minimum absolute atomic E-state index is 0.00324. The molecule has 16 heteroatoms. The van der Waals surface area contributed by atoms with Crippen molar-refractivity contribution in [3.8, 4) is 29.0 Å². The highest BCUT2D eigenvalue weighted by Crippen LogP contribution is 2.52. The lowest BCUT2D eigenvalue weighted by atomic mass is 9.92. The van der Waals surface area contributed by atoms with Gasteiger partial charge in [-0.25, -0.2) is 21.9 Å². The molecule has 0 aliphatic carbocycles. The normalized spacial score (nSPS) is 25.2. The summed E-state index contributed by atoms with van der Waals surface area (Å²) >= 11 is 7.91. The molecule has 4 aliphatic rings. The van der Waals surface area contributed by atoms with Crippen molar-refractivity contribution in [2.45, 2.75) is 50.2 Å². The molecular formula is C32H32ClF2N7O4S2. The lowest BCUT2D eigenvalue weighted by Crippen LogP contribution is -2.47. The van der Waals surface area contributed by atoms with Gasteiger partial charge in [0, 0.05) is 30.1 Å². The average molecular weight is 716 g/mol. The molecule has 2 aromatic carbocycles. The number of benzene rings is 2. The van der Waals surface area contributed by atoms with E-state index in [1.54, 1.807) is 0 Å². The molecule has 3 saturated heterocycles. The molecule has 0 spiro atoms. The molecule has 252 valence electrons. The third kappa shape index (κ3) is 4.86. The van der Waals surface area contributed by atoms with Crippen LogP contribution in [0, 0.1) is 28.9 Å². The van der Waals surface area contributed by atoms with Gasteiger partial charge in [0.1, 0.15) is 41.4 Å². The fourth-order valence-corrected chi connectivity index (χ4v) is 10.4. The van der Waals surface area contributed by atoms with Crippen LogP contribution in [0.5, 0.6) is 11.8 Å². The van der Waals surface area contributed by atoms with E-state index in [0.29, 0.717) is 31.3 Å². The highest BCUT2D eigenvalue weighted by Gasteiger charge is 2.48. The number of rotatable bonds is 6. The zero-order chi connectivity index (χ0) is 33.7. The fraction of sp³-hybridized carbons (Fsp3) is 0.469. The van der Waals surface area contributed by atoms with Crippen LogP contribution in [0.2, 0.25) is 5.02 Å². The molecule has 4 aromatic rings. The molecule has 3 fully saturated rings. The number of sulfonamides is 1. The standard InChI is InChI=1S/C32H32ClF2N7O4S2/c1-15-10-32(7-3-8-41(32)12-15)14-46-31-38-26-23-27(45-13-20-19(40-48(2,43)44)6-9-42(20)30(23)39-31)24(33)22(25(26)35)16-4-5-18(34)28-21(16)17(11-36)29(37)47-28/h4-5,15,19-20,40H,3,6-10,12-14,37H2,1-2H3/t15-,19?,20?,32?/m1/s1. The molecule has 4 aliphatic heterocycles. The molecule has 0 saturated carbocycles. The number of nitrogen functional groups attached to an aromatic ring is 1. The Morgan fingerprint density at radius 2 is 2.10 bits per heavy atom. The number of fused-ring (bicyclic) bond motifs is 4. The van der Waals surface area contributed by atoms with Crippen LogP contribution in [0.25, 0.3) is 32.1 Å². The lowest BCUT2D eigenvalue weighted by molar-refractivity contribution is 0.107. The van der Waals surface area contributed by atoms with Gasteiger partial charge < -0.3 is 20.1 Å². The maximum absolute atomic E-state index is 17.2. The quantitative estimate of drug-likeness (QED) is 0.278. The number of thiophene rings is 1. The van der Waals surface area contributed by atoms with Gasteiger partial charge in [0.2, 0.25) is 10.0 Å². The summed E-state index contributed by atoms with van der Waals surface area (Å²) in [5.41, 5.74) is 5.86. The number of ether oxygens (including phenoxy) is 2. The molecule has 11 nitrogen and oxygen atoms in total. The molecular weight excluding hydrogens is 684 g/mol. The zero-order valence-corrected chi connectivity index (χ0v) is 28.5. The minimum atomic E-state index is -3.56. The van der Waals surface area contributed by atoms with E-state index in [4.69, 9.17) is 31.8 Å². The van der Waals surface area contributed by atoms with Crippen molar-refractivity contribution < 1.29 is 26.7 Å². The summed E-state index contributed by atoms with van der Waals surface area (Å²) in [4.78, 5) is 13.8. The molecule has 4 atom stereocenters. The first-order valence-electron chi connectivity index (χ1n) is 15.8. The van der Waals surface area contributed by atoms with Crippen molar-refractivity contribution in [2.24, 2.45) is 5.92 Å². The molecule has 48 heavy (non-hydrogen) atoms. The summed E-state index contributed by atoms with van der Waals surface area (Å²) in [6.45, 7) is 4.93. The second-order valence-corrected chi connectivity index (χ2v) is 16.6. The lowest BCUT2D eigenvalue weighted by Gasteiger charge is -2.31. The first-order valence-corrected chi connectivity index (χ1v) is 18.9. The Kier molecular flexibility index (Phi) is 7.43. The van der Waals surface area contributed by atoms with E-state index in [1.807, 2.05) is 11.0 Å². The van der Waals surface area contributed by atoms with E-state index >= 15 is 4.39 Å². The second-order valence-electron chi connectivity index (χ2n) is 13.4. The number of anilines is 2. The average Bonchev–Trinajstić information content (AvgIpc) is 3.74. The van der Waals surface area contributed by atoms with Gasteiger partial charge in [-0.3, -0.25) is 4.90 Å². The van der Waals surface area contributed by atoms with Crippen molar-refractivity contribution >= 4 is 64.8 Å². The third-order valence-corrected chi connectivity index (χ3v) is 12.3. The molecule has 8 rings (SSSR count). The topological polar surface area (TPSA) is 147 Å². The summed E-state index contributed by atoms with van der Waals surface area (Å²) in [6, 6.07) is 3.53. The predicted octanol–water partition coefficient (Wildman–Crippen LogP) is 5.04. The molecule has 3 unspecified atom stereocenters. The fourth-order valence-electron chi connectivity index (χ4n) is 8.31. The smallest absolute Gasteiger partial charge is 0.319 e. The number of nitrogens with zero attached hydrogens (tertiary/aromatic N) is 5. The highest BCUT2D eigenvalue weighted by atomic mass is 35.5. The van der Waals surface area contributed by atoms with E-state index < -0.39 is 33.7 Å². The first kappa shape index (κ1) is 31.7. The van der Waals surface area contributed by atoms with Crippen LogP contribution < -0.4 is 24.8 Å². The van der Waals surface area contributed by atoms with Crippen LogP contribution >= 0.6 is 22.9 Å². The Labute approximate surface area is 284 Å². The van der Waals surface area contributed by atoms with Gasteiger partial charge in [0.15, 0.2) is 11.6 Å². The molecule has 3 N–H and O–H groups in total. The number of nitrogens with two attached hydrogens (primary N) is 1. The Hall–Kier alpha value is -3.55. The van der Waals surface area contributed by atoms with E-state index in [1.165, 1.54) is 12.1 Å². The van der Waals surface area contributed by atoms with Crippen LogP contribution in [0.4, 0.5) is 19.6 Å². The number of aromatic nitrogens is 2. The number of nitriles is 1. The molecule has 2 aromatic heterocycles. The minimum Gasteiger partial charge on any atom is -0.489 e. The van der Waals surface area contributed by atoms with Crippen molar-refractivity contribution in [3.05, 3.63) is 34.4 Å². The highest BCUT2D eigenvalue weighted by molar-refractivity contribution is 7.88. The van der Waals surface area contributed by atoms with Gasteiger partial charge in [-0.2, -0.15) is 15.2 Å². The van der Waals surface area contributed by atoms with Crippen molar-refractivity contribution in [3.63, 3.8) is 0 Å². The number of halogens is 3. The van der Waals surface area contributed by atoms with E-state index in [-0.39, 0.29) is 71.6 Å². The predicted molar refractivity (Wildman–Crippen MR) is 180 cm³/mol. The maximum atomic E-state index is 17.2. The molecule has 6 heterocycles. The van der Waals surface area contributed by atoms with Crippen LogP contribution in [-0.2, 0) is 10.0 Å². The van der Waals surface area contributed by atoms with E-state index in [0.717, 1.165) is 49.9 Å². The van der Waals surface area contributed by atoms with Crippen molar-refractivity contribution in [2.75, 3.05) is 49.7 Å². The summed E-state index contributed by atoms with van der Waals surface area (Å²) in [6.07, 6.45) is 4.57. The van der Waals surface area contributed by atoms with Crippen LogP contribution in [0.3, 0.4) is 0 Å². The number of nitrogens with one attached hydrogen (secondary N) is 1. The van der Waals surface area contributed by atoms with Crippen LogP contribution in [-0.4, -0.2) is 80.0 Å². The van der Waals surface area contributed by atoms with Gasteiger partial charge in [-0.05, 0) is 49.8 Å². The Morgan fingerprint density at radius 1 is 1.29 bits per heavy atom. The monoisotopic (exact) mass is 715 g/mol. The maximum Gasteiger partial charge on any atom is 0.319 e. The van der Waals surface area contributed by atoms with Crippen LogP contribution in [0.15, 0.2) is 12.1 Å². The summed E-state index contributed by atoms with van der Waals surface area (Å²) in [7, 11) is -3.56. The van der Waals surface area contributed by atoms with Crippen LogP contribution in [0.1, 0.15) is 38.2 Å². The molecule has 0 bridgehead atoms.